The van der Waals surface area contributed by atoms with Crippen LogP contribution in [0.5, 0.6) is 5.75 Å². The van der Waals surface area contributed by atoms with Crippen molar-refractivity contribution in [2.75, 3.05) is 0 Å². The molecule has 0 bridgehead atoms. The summed E-state index contributed by atoms with van der Waals surface area (Å²) in [6, 6.07) is 11.9. The molecule has 1 unspecified atom stereocenters. The fourth-order valence-corrected chi connectivity index (χ4v) is 3.76. The molecule has 1 aliphatic carbocycles. The number of carboxylic acid groups (broad SMARTS) is 1. The lowest BCUT2D eigenvalue weighted by Crippen LogP contribution is -2.18. The fourth-order valence-electron chi connectivity index (χ4n) is 2.69. The monoisotopic (exact) mass is 314 g/mol. The number of rotatable bonds is 4. The summed E-state index contributed by atoms with van der Waals surface area (Å²) in [5.41, 5.74) is 2.09. The van der Waals surface area contributed by atoms with Gasteiger partial charge < -0.3 is 9.84 Å². The van der Waals surface area contributed by atoms with Crippen molar-refractivity contribution >= 4 is 22.9 Å². The summed E-state index contributed by atoms with van der Waals surface area (Å²) in [5.74, 6) is 0.0694. The first-order valence-corrected chi connectivity index (χ1v) is 8.20. The molecule has 2 aromatic rings. The van der Waals surface area contributed by atoms with Crippen molar-refractivity contribution < 1.29 is 14.6 Å². The molecule has 0 fully saturated rings. The molecule has 0 saturated carbocycles. The number of ether oxygens (including phenoxy) is 1. The Morgan fingerprint density at radius 2 is 2.09 bits per heavy atom. The Hall–Kier alpha value is -2.07. The van der Waals surface area contributed by atoms with Crippen LogP contribution in [0.25, 0.3) is 5.57 Å². The lowest BCUT2D eigenvalue weighted by Gasteiger charge is -2.22. The molecule has 0 aliphatic heterocycles. The maximum atomic E-state index is 11.1. The Morgan fingerprint density at radius 1 is 1.32 bits per heavy atom. The van der Waals surface area contributed by atoms with Gasteiger partial charge in [0.1, 0.15) is 16.7 Å². The van der Waals surface area contributed by atoms with Gasteiger partial charge in [-0.2, -0.15) is 0 Å². The predicted octanol–water partition coefficient (Wildman–Crippen LogP) is 4.77. The zero-order valence-corrected chi connectivity index (χ0v) is 13.2. The highest BCUT2D eigenvalue weighted by Crippen LogP contribution is 2.34. The van der Waals surface area contributed by atoms with Crippen LogP contribution in [-0.2, 0) is 0 Å². The second kappa shape index (κ2) is 6.36. The highest BCUT2D eigenvalue weighted by Gasteiger charge is 2.20. The molecule has 22 heavy (non-hydrogen) atoms. The quantitative estimate of drug-likeness (QED) is 0.884. The Morgan fingerprint density at radius 3 is 2.68 bits per heavy atom. The third-order valence-electron chi connectivity index (χ3n) is 3.84. The van der Waals surface area contributed by atoms with E-state index in [1.54, 1.807) is 0 Å². The Kier molecular flexibility index (Phi) is 4.29. The highest BCUT2D eigenvalue weighted by atomic mass is 32.1. The van der Waals surface area contributed by atoms with Crippen LogP contribution < -0.4 is 4.74 Å². The number of hydrogen-bond acceptors (Lipinski definition) is 3. The highest BCUT2D eigenvalue weighted by molar-refractivity contribution is 7.15. The number of carboxylic acids is 1. The van der Waals surface area contributed by atoms with Crippen molar-refractivity contribution in [3.05, 3.63) is 57.8 Å². The van der Waals surface area contributed by atoms with E-state index in [0.29, 0.717) is 4.88 Å². The number of para-hydroxylation sites is 1. The summed E-state index contributed by atoms with van der Waals surface area (Å²) in [6.07, 6.45) is 5.14. The van der Waals surface area contributed by atoms with Gasteiger partial charge >= 0.3 is 5.97 Å². The Labute approximate surface area is 133 Å². The number of hydrogen-bond donors (Lipinski definition) is 1. The molecule has 0 amide bonds. The second-order valence-corrected chi connectivity index (χ2v) is 6.54. The predicted molar refractivity (Wildman–Crippen MR) is 88.7 cm³/mol. The molecule has 1 aliphatic rings. The van der Waals surface area contributed by atoms with E-state index in [0.717, 1.165) is 35.5 Å². The van der Waals surface area contributed by atoms with Gasteiger partial charge in [-0.05, 0) is 49.1 Å². The molecule has 1 heterocycles. The maximum Gasteiger partial charge on any atom is 0.346 e. The largest absolute Gasteiger partial charge is 0.490 e. The van der Waals surface area contributed by atoms with Gasteiger partial charge in [-0.15, -0.1) is 11.3 Å². The molecular weight excluding hydrogens is 296 g/mol. The molecule has 1 N–H and O–H groups in total. The topological polar surface area (TPSA) is 46.5 Å². The molecular formula is C18H18O3S. The molecule has 0 saturated heterocycles. The minimum Gasteiger partial charge on any atom is -0.490 e. The van der Waals surface area contributed by atoms with E-state index in [9.17, 15) is 4.79 Å². The molecule has 1 aromatic carbocycles. The van der Waals surface area contributed by atoms with Gasteiger partial charge in [0.05, 0.1) is 0 Å². The first kappa shape index (κ1) is 14.9. The zero-order chi connectivity index (χ0) is 15.5. The van der Waals surface area contributed by atoms with Gasteiger partial charge in [-0.1, -0.05) is 24.3 Å². The molecule has 1 aromatic heterocycles. The van der Waals surface area contributed by atoms with E-state index in [4.69, 9.17) is 9.84 Å². The first-order chi connectivity index (χ1) is 10.6. The fraction of sp³-hybridized carbons (Fsp3) is 0.278. The Bertz CT molecular complexity index is 700. The molecule has 0 radical (unpaired) electrons. The number of carbonyl (C=O) groups is 1. The van der Waals surface area contributed by atoms with Crippen LogP contribution >= 0.6 is 11.3 Å². The first-order valence-electron chi connectivity index (χ1n) is 7.38. The smallest absolute Gasteiger partial charge is 0.346 e. The zero-order valence-electron chi connectivity index (χ0n) is 12.4. The molecule has 3 nitrogen and oxygen atoms in total. The van der Waals surface area contributed by atoms with Crippen molar-refractivity contribution in [3.63, 3.8) is 0 Å². The SMILES string of the molecule is Cc1cc(C2=CCC(Oc3ccccc3)CC2)sc1C(=O)O. The average Bonchev–Trinajstić information content (AvgIpc) is 2.91. The van der Waals surface area contributed by atoms with E-state index in [2.05, 4.69) is 6.08 Å². The van der Waals surface area contributed by atoms with Crippen molar-refractivity contribution in [1.82, 2.24) is 0 Å². The van der Waals surface area contributed by atoms with Gasteiger partial charge in [-0.3, -0.25) is 0 Å². The third-order valence-corrected chi connectivity index (χ3v) is 5.14. The van der Waals surface area contributed by atoms with Crippen molar-refractivity contribution in [3.8, 4) is 5.75 Å². The number of allylic oxidation sites excluding steroid dienone is 1. The summed E-state index contributed by atoms with van der Waals surface area (Å²) in [5, 5.41) is 9.15. The minimum atomic E-state index is -0.838. The third kappa shape index (κ3) is 3.22. The number of aryl methyl sites for hydroxylation is 1. The molecule has 0 spiro atoms. The lowest BCUT2D eigenvalue weighted by atomic mass is 9.96. The number of aromatic carboxylic acids is 1. The lowest BCUT2D eigenvalue weighted by molar-refractivity contribution is 0.0701. The molecule has 114 valence electrons. The van der Waals surface area contributed by atoms with Crippen LogP contribution in [0.1, 0.15) is 39.4 Å². The van der Waals surface area contributed by atoms with E-state index in [1.807, 2.05) is 43.3 Å². The van der Waals surface area contributed by atoms with Crippen LogP contribution in [0.3, 0.4) is 0 Å². The molecule has 1 atom stereocenters. The van der Waals surface area contributed by atoms with Crippen LogP contribution in [-0.4, -0.2) is 17.2 Å². The van der Waals surface area contributed by atoms with Crippen molar-refractivity contribution in [2.24, 2.45) is 0 Å². The number of benzene rings is 1. The number of thiophene rings is 1. The van der Waals surface area contributed by atoms with Crippen LogP contribution in [0.15, 0.2) is 42.5 Å². The molecule has 4 heteroatoms. The maximum absolute atomic E-state index is 11.1. The van der Waals surface area contributed by atoms with Gasteiger partial charge in [-0.25, -0.2) is 4.79 Å². The average molecular weight is 314 g/mol. The van der Waals surface area contributed by atoms with E-state index < -0.39 is 5.97 Å². The summed E-state index contributed by atoms with van der Waals surface area (Å²) in [7, 11) is 0. The van der Waals surface area contributed by atoms with Gasteiger partial charge in [0.15, 0.2) is 0 Å². The van der Waals surface area contributed by atoms with E-state index in [1.165, 1.54) is 16.9 Å². The summed E-state index contributed by atoms with van der Waals surface area (Å²) in [4.78, 5) is 12.7. The van der Waals surface area contributed by atoms with Gasteiger partial charge in [0, 0.05) is 11.3 Å². The summed E-state index contributed by atoms with van der Waals surface area (Å²) < 4.78 is 5.97. The van der Waals surface area contributed by atoms with E-state index in [-0.39, 0.29) is 6.10 Å². The second-order valence-electron chi connectivity index (χ2n) is 5.48. The minimum absolute atomic E-state index is 0.200. The van der Waals surface area contributed by atoms with Gasteiger partial charge in [0.2, 0.25) is 0 Å². The summed E-state index contributed by atoms with van der Waals surface area (Å²) >= 11 is 1.37. The van der Waals surface area contributed by atoms with E-state index >= 15 is 0 Å². The molecule has 3 rings (SSSR count). The van der Waals surface area contributed by atoms with Crippen LogP contribution in [0, 0.1) is 6.92 Å². The van der Waals surface area contributed by atoms with Crippen molar-refractivity contribution in [2.45, 2.75) is 32.3 Å². The van der Waals surface area contributed by atoms with Crippen molar-refractivity contribution in [1.29, 1.82) is 0 Å². The van der Waals surface area contributed by atoms with Crippen LogP contribution in [0.4, 0.5) is 0 Å². The van der Waals surface area contributed by atoms with Gasteiger partial charge in [0.25, 0.3) is 0 Å². The standard InChI is InChI=1S/C18H18O3S/c1-12-11-16(22-17(12)18(19)20)13-7-9-15(10-8-13)21-14-5-3-2-4-6-14/h2-7,11,15H,8-10H2,1H3,(H,19,20). The Balaban J connectivity index is 1.68. The van der Waals surface area contributed by atoms with Crippen LogP contribution in [0.2, 0.25) is 0 Å². The normalized spacial score (nSPS) is 17.9. The summed E-state index contributed by atoms with van der Waals surface area (Å²) in [6.45, 7) is 1.86.